The molecule has 7 nitrogen and oxygen atoms in total. The van der Waals surface area contributed by atoms with Gasteiger partial charge in [0.05, 0.1) is 12.8 Å². The van der Waals surface area contributed by atoms with Gasteiger partial charge in [0.2, 0.25) is 0 Å². The van der Waals surface area contributed by atoms with Crippen molar-refractivity contribution < 1.29 is 19.4 Å². The molecular formula is C16H19N3O4. The summed E-state index contributed by atoms with van der Waals surface area (Å²) in [7, 11) is 1.59. The highest BCUT2D eigenvalue weighted by Crippen LogP contribution is 2.16. The van der Waals surface area contributed by atoms with Gasteiger partial charge in [-0.25, -0.2) is 9.48 Å². The number of benzene rings is 1. The summed E-state index contributed by atoms with van der Waals surface area (Å²) in [5.41, 5.74) is 1.73. The van der Waals surface area contributed by atoms with Crippen LogP contribution in [-0.2, 0) is 4.79 Å². The van der Waals surface area contributed by atoms with Crippen LogP contribution in [0, 0.1) is 6.92 Å². The maximum Gasteiger partial charge on any atom is 0.326 e. The Hall–Kier alpha value is -2.83. The van der Waals surface area contributed by atoms with Gasteiger partial charge in [-0.3, -0.25) is 4.79 Å². The van der Waals surface area contributed by atoms with Crippen LogP contribution in [0.25, 0.3) is 5.69 Å². The molecule has 1 aromatic heterocycles. The molecule has 1 heterocycles. The third kappa shape index (κ3) is 3.68. The lowest BCUT2D eigenvalue weighted by Crippen LogP contribution is -2.40. The Morgan fingerprint density at radius 1 is 1.35 bits per heavy atom. The second kappa shape index (κ2) is 6.95. The Morgan fingerprint density at radius 3 is 2.52 bits per heavy atom. The first-order valence-corrected chi connectivity index (χ1v) is 7.21. The normalized spacial score (nSPS) is 11.8. The Kier molecular flexibility index (Phi) is 5.00. The van der Waals surface area contributed by atoms with Gasteiger partial charge in [-0.05, 0) is 43.7 Å². The van der Waals surface area contributed by atoms with Gasteiger partial charge in [-0.15, -0.1) is 0 Å². The number of nitrogens with one attached hydrogen (secondary N) is 1. The average molecular weight is 317 g/mol. The van der Waals surface area contributed by atoms with E-state index in [-0.39, 0.29) is 5.69 Å². The van der Waals surface area contributed by atoms with E-state index in [9.17, 15) is 9.59 Å². The second-order valence-electron chi connectivity index (χ2n) is 5.05. The fourth-order valence-electron chi connectivity index (χ4n) is 2.14. The topological polar surface area (TPSA) is 93.5 Å². The van der Waals surface area contributed by atoms with Crippen molar-refractivity contribution in [2.45, 2.75) is 26.3 Å². The highest BCUT2D eigenvalue weighted by molar-refractivity contribution is 5.95. The van der Waals surface area contributed by atoms with Crippen molar-refractivity contribution in [3.05, 3.63) is 41.7 Å². The Balaban J connectivity index is 2.22. The van der Waals surface area contributed by atoms with Crippen LogP contribution < -0.4 is 10.1 Å². The first-order chi connectivity index (χ1) is 11.0. The number of ether oxygens (including phenoxy) is 1. The number of hydrogen-bond acceptors (Lipinski definition) is 4. The number of carbonyl (C=O) groups excluding carboxylic acids is 1. The molecule has 0 aliphatic rings. The molecule has 7 heteroatoms. The minimum absolute atomic E-state index is 0.179. The highest BCUT2D eigenvalue weighted by Gasteiger charge is 2.21. The third-order valence-corrected chi connectivity index (χ3v) is 3.45. The van der Waals surface area contributed by atoms with Crippen LogP contribution in [0.1, 0.15) is 29.5 Å². The lowest BCUT2D eigenvalue weighted by atomic mass is 10.2. The molecule has 0 saturated heterocycles. The lowest BCUT2D eigenvalue weighted by Gasteiger charge is -2.10. The van der Waals surface area contributed by atoms with Crippen LogP contribution in [0.5, 0.6) is 5.75 Å². The summed E-state index contributed by atoms with van der Waals surface area (Å²) >= 11 is 0. The molecule has 0 spiro atoms. The van der Waals surface area contributed by atoms with Crippen LogP contribution in [-0.4, -0.2) is 39.9 Å². The summed E-state index contributed by atoms with van der Waals surface area (Å²) in [5, 5.41) is 15.7. The Bertz CT molecular complexity index is 707. The van der Waals surface area contributed by atoms with Gasteiger partial charge in [-0.2, -0.15) is 5.10 Å². The van der Waals surface area contributed by atoms with Crippen molar-refractivity contribution >= 4 is 11.9 Å². The number of carboxylic acids is 1. The number of aryl methyl sites for hydroxylation is 1. The number of carbonyl (C=O) groups is 2. The third-order valence-electron chi connectivity index (χ3n) is 3.45. The molecule has 0 fully saturated rings. The van der Waals surface area contributed by atoms with Crippen molar-refractivity contribution in [3.63, 3.8) is 0 Å². The monoisotopic (exact) mass is 317 g/mol. The van der Waals surface area contributed by atoms with Crippen LogP contribution >= 0.6 is 0 Å². The predicted octanol–water partition coefficient (Wildman–Crippen LogP) is 1.78. The molecule has 0 aliphatic carbocycles. The van der Waals surface area contributed by atoms with E-state index in [0.717, 1.165) is 17.1 Å². The molecule has 0 bridgehead atoms. The number of aromatic nitrogens is 2. The number of nitrogens with zero attached hydrogens (tertiary/aromatic N) is 2. The van der Waals surface area contributed by atoms with Crippen LogP contribution in [0.15, 0.2) is 30.3 Å². The molecule has 2 aromatic rings. The van der Waals surface area contributed by atoms with Crippen molar-refractivity contribution in [1.29, 1.82) is 0 Å². The second-order valence-corrected chi connectivity index (χ2v) is 5.05. The Labute approximate surface area is 133 Å². The molecule has 1 atom stereocenters. The number of rotatable bonds is 6. The molecule has 122 valence electrons. The molecule has 2 rings (SSSR count). The van der Waals surface area contributed by atoms with E-state index in [4.69, 9.17) is 9.84 Å². The zero-order valence-electron chi connectivity index (χ0n) is 13.2. The van der Waals surface area contributed by atoms with Gasteiger partial charge >= 0.3 is 5.97 Å². The Morgan fingerprint density at radius 2 is 2.00 bits per heavy atom. The predicted molar refractivity (Wildman–Crippen MR) is 84.0 cm³/mol. The summed E-state index contributed by atoms with van der Waals surface area (Å²) in [4.78, 5) is 23.1. The summed E-state index contributed by atoms with van der Waals surface area (Å²) in [6.45, 7) is 3.52. The molecule has 2 N–H and O–H groups in total. The van der Waals surface area contributed by atoms with E-state index < -0.39 is 17.9 Å². The van der Waals surface area contributed by atoms with E-state index in [1.165, 1.54) is 0 Å². The quantitative estimate of drug-likeness (QED) is 0.847. The van der Waals surface area contributed by atoms with Crippen LogP contribution in [0.3, 0.4) is 0 Å². The molecule has 1 unspecified atom stereocenters. The summed E-state index contributed by atoms with van der Waals surface area (Å²) in [6, 6.07) is 7.95. The average Bonchev–Trinajstić information content (AvgIpc) is 2.94. The van der Waals surface area contributed by atoms with E-state index in [2.05, 4.69) is 10.4 Å². The van der Waals surface area contributed by atoms with E-state index in [1.807, 2.05) is 19.1 Å². The number of aliphatic carboxylic acids is 1. The van der Waals surface area contributed by atoms with Gasteiger partial charge in [0.1, 0.15) is 11.8 Å². The minimum Gasteiger partial charge on any atom is -0.497 e. The molecule has 23 heavy (non-hydrogen) atoms. The van der Waals surface area contributed by atoms with Crippen LogP contribution in [0.2, 0.25) is 0 Å². The van der Waals surface area contributed by atoms with Crippen LogP contribution in [0.4, 0.5) is 0 Å². The molecule has 0 saturated carbocycles. The van der Waals surface area contributed by atoms with Gasteiger partial charge < -0.3 is 15.2 Å². The molecular weight excluding hydrogens is 298 g/mol. The lowest BCUT2D eigenvalue weighted by molar-refractivity contribution is -0.139. The number of amides is 1. The van der Waals surface area contributed by atoms with Gasteiger partial charge in [-0.1, -0.05) is 6.92 Å². The number of carboxylic acid groups (broad SMARTS) is 1. The van der Waals surface area contributed by atoms with Crippen molar-refractivity contribution in [2.75, 3.05) is 7.11 Å². The SMILES string of the molecule is CCC(NC(=O)c1cc(C)n(-c2ccc(OC)cc2)n1)C(=O)O. The molecule has 0 radical (unpaired) electrons. The van der Waals surface area contributed by atoms with Gasteiger partial charge in [0, 0.05) is 5.69 Å². The zero-order valence-corrected chi connectivity index (χ0v) is 13.2. The minimum atomic E-state index is -1.06. The largest absolute Gasteiger partial charge is 0.497 e. The number of methoxy groups -OCH3 is 1. The first-order valence-electron chi connectivity index (χ1n) is 7.21. The van der Waals surface area contributed by atoms with E-state index in [1.54, 1.807) is 36.9 Å². The summed E-state index contributed by atoms with van der Waals surface area (Å²) in [5.74, 6) is -0.842. The molecule has 0 aliphatic heterocycles. The van der Waals surface area contributed by atoms with Crippen molar-refractivity contribution in [2.24, 2.45) is 0 Å². The smallest absolute Gasteiger partial charge is 0.326 e. The number of hydrogen-bond donors (Lipinski definition) is 2. The first kappa shape index (κ1) is 16.5. The maximum atomic E-state index is 12.1. The van der Waals surface area contributed by atoms with E-state index in [0.29, 0.717) is 6.42 Å². The summed E-state index contributed by atoms with van der Waals surface area (Å²) < 4.78 is 6.73. The fourth-order valence-corrected chi connectivity index (χ4v) is 2.14. The maximum absolute atomic E-state index is 12.1. The highest BCUT2D eigenvalue weighted by atomic mass is 16.5. The van der Waals surface area contributed by atoms with Gasteiger partial charge in [0.25, 0.3) is 5.91 Å². The molecule has 1 aromatic carbocycles. The zero-order chi connectivity index (χ0) is 17.0. The van der Waals surface area contributed by atoms with Crippen molar-refractivity contribution in [1.82, 2.24) is 15.1 Å². The van der Waals surface area contributed by atoms with Gasteiger partial charge in [0.15, 0.2) is 5.69 Å². The molecule has 1 amide bonds. The van der Waals surface area contributed by atoms with Crippen molar-refractivity contribution in [3.8, 4) is 11.4 Å². The van der Waals surface area contributed by atoms with E-state index >= 15 is 0 Å². The fraction of sp³-hybridized carbons (Fsp3) is 0.312. The standard InChI is InChI=1S/C16H19N3O4/c1-4-13(16(21)22)17-15(20)14-9-10(2)19(18-14)11-5-7-12(23-3)8-6-11/h5-9,13H,4H2,1-3H3,(H,17,20)(H,21,22). The summed E-state index contributed by atoms with van der Waals surface area (Å²) in [6.07, 6.45) is 0.305.